The van der Waals surface area contributed by atoms with Gasteiger partial charge >= 0.3 is 0 Å². The van der Waals surface area contributed by atoms with Crippen molar-refractivity contribution < 1.29 is 4.39 Å². The molecule has 0 bridgehead atoms. The molecule has 44 valence electrons. The second-order valence-corrected chi connectivity index (χ2v) is 1.21. The molecule has 0 aromatic rings. The first-order valence-corrected chi connectivity index (χ1v) is 2.12. The van der Waals surface area contributed by atoms with Gasteiger partial charge in [-0.05, 0) is 12.2 Å². The van der Waals surface area contributed by atoms with Crippen molar-refractivity contribution in [2.24, 2.45) is 5.73 Å². The van der Waals surface area contributed by atoms with Crippen LogP contribution in [0.25, 0.3) is 0 Å². The fraction of sp³-hybridized carbons (Fsp3) is 0. The zero-order valence-electron chi connectivity index (χ0n) is 4.52. The van der Waals surface area contributed by atoms with E-state index in [9.17, 15) is 4.39 Å². The molecule has 0 fully saturated rings. The van der Waals surface area contributed by atoms with Gasteiger partial charge in [-0.15, -0.1) is 0 Å². The van der Waals surface area contributed by atoms with E-state index in [-0.39, 0.29) is 5.70 Å². The minimum Gasteiger partial charge on any atom is -0.396 e. The maximum Gasteiger partial charge on any atom is 0.145 e. The van der Waals surface area contributed by atoms with E-state index >= 15 is 0 Å². The topological polar surface area (TPSA) is 26.0 Å². The van der Waals surface area contributed by atoms with Crippen LogP contribution in [0, 0.1) is 0 Å². The van der Waals surface area contributed by atoms with E-state index < -0.39 is 5.83 Å². The van der Waals surface area contributed by atoms with Crippen molar-refractivity contribution in [3.63, 3.8) is 0 Å². The molecule has 8 heavy (non-hydrogen) atoms. The number of allylic oxidation sites excluding steroid dienone is 3. The van der Waals surface area contributed by atoms with Gasteiger partial charge in [0.2, 0.25) is 0 Å². The Kier molecular flexibility index (Phi) is 2.62. The highest BCUT2D eigenvalue weighted by Gasteiger charge is 1.88. The molecule has 0 aliphatic rings. The summed E-state index contributed by atoms with van der Waals surface area (Å²) in [6.07, 6.45) is 2.27. The Bertz CT molecular complexity index is 119. The van der Waals surface area contributed by atoms with Gasteiger partial charge in [-0.25, -0.2) is 4.39 Å². The summed E-state index contributed by atoms with van der Waals surface area (Å²) in [4.78, 5) is 0. The van der Waals surface area contributed by atoms with Crippen LogP contribution < -0.4 is 5.73 Å². The van der Waals surface area contributed by atoms with Gasteiger partial charge in [-0.3, -0.25) is 0 Å². The van der Waals surface area contributed by atoms with Crippen molar-refractivity contribution in [3.05, 3.63) is 36.8 Å². The average molecular weight is 113 g/mol. The summed E-state index contributed by atoms with van der Waals surface area (Å²) in [6, 6.07) is 0. The zero-order valence-corrected chi connectivity index (χ0v) is 4.52. The Morgan fingerprint density at radius 1 is 1.38 bits per heavy atom. The minimum absolute atomic E-state index is 0.0278. The van der Waals surface area contributed by atoms with Crippen LogP contribution in [0.3, 0.4) is 0 Å². The van der Waals surface area contributed by atoms with Crippen LogP contribution >= 0.6 is 0 Å². The minimum atomic E-state index is -0.528. The van der Waals surface area contributed by atoms with E-state index in [0.29, 0.717) is 0 Å². The number of hydrogen-bond acceptors (Lipinski definition) is 1. The summed E-state index contributed by atoms with van der Waals surface area (Å²) in [6.45, 7) is 6.43. The lowest BCUT2D eigenvalue weighted by molar-refractivity contribution is 0.657. The normalized spacial score (nSPS) is 12.1. The van der Waals surface area contributed by atoms with E-state index in [0.717, 1.165) is 6.08 Å². The SMILES string of the molecule is C=C/C(N)=C(/F)C=C. The first-order chi connectivity index (χ1) is 3.72. The maximum atomic E-state index is 12.1. The summed E-state index contributed by atoms with van der Waals surface area (Å²) in [7, 11) is 0. The molecule has 0 aromatic carbocycles. The van der Waals surface area contributed by atoms with Gasteiger partial charge < -0.3 is 5.73 Å². The van der Waals surface area contributed by atoms with Gasteiger partial charge in [-0.1, -0.05) is 13.2 Å². The van der Waals surface area contributed by atoms with Gasteiger partial charge in [0, 0.05) is 0 Å². The van der Waals surface area contributed by atoms with Crippen LogP contribution in [-0.4, -0.2) is 0 Å². The van der Waals surface area contributed by atoms with Gasteiger partial charge in [-0.2, -0.15) is 0 Å². The van der Waals surface area contributed by atoms with Crippen molar-refractivity contribution in [2.45, 2.75) is 0 Å². The Balaban J connectivity index is 4.25. The predicted molar refractivity (Wildman–Crippen MR) is 32.7 cm³/mol. The molecule has 0 aliphatic heterocycles. The van der Waals surface area contributed by atoms with Crippen LogP contribution in [-0.2, 0) is 0 Å². The molecule has 0 unspecified atom stereocenters. The fourth-order valence-electron chi connectivity index (χ4n) is 0.215. The second-order valence-electron chi connectivity index (χ2n) is 1.21. The molecule has 1 nitrogen and oxygen atoms in total. The Morgan fingerprint density at radius 2 is 1.88 bits per heavy atom. The van der Waals surface area contributed by atoms with Gasteiger partial charge in [0.05, 0.1) is 5.70 Å². The van der Waals surface area contributed by atoms with Crippen LogP contribution in [0.4, 0.5) is 4.39 Å². The third-order valence-electron chi connectivity index (χ3n) is 0.675. The van der Waals surface area contributed by atoms with Gasteiger partial charge in [0.15, 0.2) is 0 Å². The van der Waals surface area contributed by atoms with E-state index in [1.165, 1.54) is 6.08 Å². The lowest BCUT2D eigenvalue weighted by atomic mass is 10.4. The lowest BCUT2D eigenvalue weighted by Gasteiger charge is -1.88. The molecule has 0 amide bonds. The molecule has 0 heterocycles. The first-order valence-electron chi connectivity index (χ1n) is 2.12. The fourth-order valence-corrected chi connectivity index (χ4v) is 0.215. The standard InChI is InChI=1S/C6H8FN/c1-3-5(7)6(8)4-2/h3-4H,1-2,8H2/b6-5-. The maximum absolute atomic E-state index is 12.1. The lowest BCUT2D eigenvalue weighted by Crippen LogP contribution is -1.93. The van der Waals surface area contributed by atoms with Crippen LogP contribution in [0.1, 0.15) is 0 Å². The Labute approximate surface area is 48.0 Å². The summed E-state index contributed by atoms with van der Waals surface area (Å²) in [5, 5.41) is 0. The van der Waals surface area contributed by atoms with Crippen molar-refractivity contribution in [3.8, 4) is 0 Å². The molecule has 2 N–H and O–H groups in total. The highest BCUT2D eigenvalue weighted by Crippen LogP contribution is 2.00. The summed E-state index contributed by atoms with van der Waals surface area (Å²) < 4.78 is 12.1. The molecule has 0 spiro atoms. The van der Waals surface area contributed by atoms with Gasteiger partial charge in [0.1, 0.15) is 5.83 Å². The summed E-state index contributed by atoms with van der Waals surface area (Å²) in [5.74, 6) is -0.528. The Morgan fingerprint density at radius 3 is 2.00 bits per heavy atom. The van der Waals surface area contributed by atoms with E-state index in [2.05, 4.69) is 13.2 Å². The molecular formula is C6H8FN. The van der Waals surface area contributed by atoms with Crippen LogP contribution in [0.2, 0.25) is 0 Å². The van der Waals surface area contributed by atoms with E-state index in [1.54, 1.807) is 0 Å². The number of halogens is 1. The molecule has 0 aromatic heterocycles. The highest BCUT2D eigenvalue weighted by atomic mass is 19.1. The molecule has 0 saturated heterocycles. The monoisotopic (exact) mass is 113 g/mol. The van der Waals surface area contributed by atoms with Crippen molar-refractivity contribution in [1.29, 1.82) is 0 Å². The first kappa shape index (κ1) is 6.95. The van der Waals surface area contributed by atoms with Crippen molar-refractivity contribution in [1.82, 2.24) is 0 Å². The highest BCUT2D eigenvalue weighted by molar-refractivity contribution is 5.22. The molecule has 0 rings (SSSR count). The molecule has 0 aliphatic carbocycles. The van der Waals surface area contributed by atoms with Crippen LogP contribution in [0.15, 0.2) is 36.8 Å². The van der Waals surface area contributed by atoms with Crippen molar-refractivity contribution >= 4 is 0 Å². The molecular weight excluding hydrogens is 105 g/mol. The third kappa shape index (κ3) is 1.60. The van der Waals surface area contributed by atoms with Gasteiger partial charge in [0.25, 0.3) is 0 Å². The molecule has 2 heteroatoms. The zero-order chi connectivity index (χ0) is 6.57. The largest absolute Gasteiger partial charge is 0.396 e. The van der Waals surface area contributed by atoms with Crippen LogP contribution in [0.5, 0.6) is 0 Å². The number of rotatable bonds is 2. The number of nitrogens with two attached hydrogens (primary N) is 1. The Hall–Kier alpha value is -1.05. The average Bonchev–Trinajstić information content (AvgIpc) is 1.84. The molecule has 0 radical (unpaired) electrons. The van der Waals surface area contributed by atoms with E-state index in [1.807, 2.05) is 0 Å². The predicted octanol–water partition coefficient (Wildman–Crippen LogP) is 1.50. The van der Waals surface area contributed by atoms with Crippen molar-refractivity contribution in [2.75, 3.05) is 0 Å². The number of hydrogen-bond donors (Lipinski definition) is 1. The summed E-state index contributed by atoms with van der Waals surface area (Å²) >= 11 is 0. The molecule has 0 saturated carbocycles. The smallest absolute Gasteiger partial charge is 0.145 e. The molecule has 0 atom stereocenters. The summed E-state index contributed by atoms with van der Waals surface area (Å²) in [5.41, 5.74) is 5.07. The second kappa shape index (κ2) is 3.02. The quantitative estimate of drug-likeness (QED) is 0.539. The third-order valence-corrected chi connectivity index (χ3v) is 0.675. The van der Waals surface area contributed by atoms with E-state index in [4.69, 9.17) is 5.73 Å².